The Bertz CT molecular complexity index is 394. The largest absolute Gasteiger partial charge is 0.477 e. The highest BCUT2D eigenvalue weighted by molar-refractivity contribution is 5.38. The molecule has 0 aliphatic heterocycles. The fourth-order valence-electron chi connectivity index (χ4n) is 1.45. The second kappa shape index (κ2) is 4.51. The van der Waals surface area contributed by atoms with Crippen LogP contribution in [0.4, 0.5) is 5.82 Å². The summed E-state index contributed by atoms with van der Waals surface area (Å²) in [7, 11) is 1.86. The summed E-state index contributed by atoms with van der Waals surface area (Å²) in [5, 5.41) is 3.05. The minimum absolute atomic E-state index is 0.0649. The van der Waals surface area contributed by atoms with Crippen LogP contribution < -0.4 is 10.1 Å². The molecule has 2 rings (SSSR count). The molecule has 0 unspecified atom stereocenters. The molecular formula is C13H21N3O. The number of hydrogen-bond donors (Lipinski definition) is 1. The van der Waals surface area contributed by atoms with Crippen molar-refractivity contribution < 1.29 is 4.74 Å². The number of ether oxygens (including phenoxy) is 1. The van der Waals surface area contributed by atoms with Crippen LogP contribution in [0.5, 0.6) is 5.88 Å². The van der Waals surface area contributed by atoms with Crippen LogP contribution in [0.15, 0.2) is 6.07 Å². The van der Waals surface area contributed by atoms with Crippen molar-refractivity contribution in [1.82, 2.24) is 9.97 Å². The molecule has 1 aliphatic carbocycles. The molecule has 17 heavy (non-hydrogen) atoms. The highest BCUT2D eigenvalue weighted by atomic mass is 16.5. The van der Waals surface area contributed by atoms with E-state index in [-0.39, 0.29) is 5.41 Å². The number of nitrogens with one attached hydrogen (secondary N) is 1. The first-order chi connectivity index (χ1) is 7.99. The summed E-state index contributed by atoms with van der Waals surface area (Å²) in [4.78, 5) is 8.94. The van der Waals surface area contributed by atoms with E-state index >= 15 is 0 Å². The first kappa shape index (κ1) is 12.1. The van der Waals surface area contributed by atoms with Crippen LogP contribution in [-0.2, 0) is 5.41 Å². The molecule has 0 radical (unpaired) electrons. The first-order valence-corrected chi connectivity index (χ1v) is 6.19. The molecule has 4 nitrogen and oxygen atoms in total. The Labute approximate surface area is 103 Å². The molecule has 4 heteroatoms. The quantitative estimate of drug-likeness (QED) is 0.871. The summed E-state index contributed by atoms with van der Waals surface area (Å²) in [5.74, 6) is 3.05. The van der Waals surface area contributed by atoms with E-state index in [4.69, 9.17) is 4.74 Å². The Morgan fingerprint density at radius 2 is 2.06 bits per heavy atom. The van der Waals surface area contributed by atoms with E-state index in [1.165, 1.54) is 12.8 Å². The molecule has 0 aromatic carbocycles. The monoisotopic (exact) mass is 235 g/mol. The smallest absolute Gasteiger partial charge is 0.218 e. The average Bonchev–Trinajstić information content (AvgIpc) is 3.08. The van der Waals surface area contributed by atoms with Crippen molar-refractivity contribution >= 4 is 5.82 Å². The van der Waals surface area contributed by atoms with Gasteiger partial charge in [-0.15, -0.1) is 0 Å². The van der Waals surface area contributed by atoms with Gasteiger partial charge >= 0.3 is 0 Å². The third-order valence-electron chi connectivity index (χ3n) is 2.79. The predicted molar refractivity (Wildman–Crippen MR) is 68.5 cm³/mol. The number of anilines is 1. The van der Waals surface area contributed by atoms with Crippen molar-refractivity contribution in [3.63, 3.8) is 0 Å². The van der Waals surface area contributed by atoms with Crippen molar-refractivity contribution in [1.29, 1.82) is 0 Å². The first-order valence-electron chi connectivity index (χ1n) is 6.19. The van der Waals surface area contributed by atoms with Gasteiger partial charge < -0.3 is 10.1 Å². The maximum Gasteiger partial charge on any atom is 0.218 e. The Morgan fingerprint density at radius 3 is 2.59 bits per heavy atom. The topological polar surface area (TPSA) is 47.0 Å². The fraction of sp³-hybridized carbons (Fsp3) is 0.692. The minimum Gasteiger partial charge on any atom is -0.477 e. The Hall–Kier alpha value is -1.32. The highest BCUT2D eigenvalue weighted by Gasteiger charge is 2.23. The number of rotatable bonds is 4. The predicted octanol–water partition coefficient (Wildman–Crippen LogP) is 2.60. The number of nitrogens with zero attached hydrogens (tertiary/aromatic N) is 2. The molecule has 1 heterocycles. The van der Waals surface area contributed by atoms with E-state index in [0.29, 0.717) is 5.88 Å². The highest BCUT2D eigenvalue weighted by Crippen LogP contribution is 2.30. The van der Waals surface area contributed by atoms with E-state index in [0.717, 1.165) is 24.2 Å². The van der Waals surface area contributed by atoms with Crippen LogP contribution in [0.25, 0.3) is 0 Å². The maximum absolute atomic E-state index is 5.72. The maximum atomic E-state index is 5.72. The van der Waals surface area contributed by atoms with E-state index in [9.17, 15) is 0 Å². The second-order valence-corrected chi connectivity index (χ2v) is 5.67. The summed E-state index contributed by atoms with van der Waals surface area (Å²) in [6.07, 6.45) is 2.58. The van der Waals surface area contributed by atoms with E-state index in [1.807, 2.05) is 13.1 Å². The van der Waals surface area contributed by atoms with E-state index < -0.39 is 0 Å². The van der Waals surface area contributed by atoms with Crippen molar-refractivity contribution in [3.8, 4) is 5.88 Å². The molecule has 1 aromatic heterocycles. The zero-order chi connectivity index (χ0) is 12.5. The lowest BCUT2D eigenvalue weighted by molar-refractivity contribution is 0.285. The van der Waals surface area contributed by atoms with Crippen molar-refractivity contribution in [3.05, 3.63) is 11.9 Å². The normalized spacial score (nSPS) is 15.8. The SMILES string of the molecule is CNc1cc(OCC2CC2)nc(C(C)(C)C)n1. The lowest BCUT2D eigenvalue weighted by atomic mass is 9.96. The summed E-state index contributed by atoms with van der Waals surface area (Å²) in [6.45, 7) is 7.09. The van der Waals surface area contributed by atoms with Gasteiger partial charge in [-0.3, -0.25) is 0 Å². The van der Waals surface area contributed by atoms with Gasteiger partial charge in [0.1, 0.15) is 11.6 Å². The molecule has 1 aliphatic rings. The van der Waals surface area contributed by atoms with Gasteiger partial charge in [-0.2, -0.15) is 4.98 Å². The van der Waals surface area contributed by atoms with Gasteiger partial charge in [0.05, 0.1) is 6.61 Å². The molecule has 0 spiro atoms. The Balaban J connectivity index is 2.18. The molecule has 0 amide bonds. The van der Waals surface area contributed by atoms with Gasteiger partial charge in [0, 0.05) is 18.5 Å². The van der Waals surface area contributed by atoms with Crippen molar-refractivity contribution in [2.75, 3.05) is 19.0 Å². The summed E-state index contributed by atoms with van der Waals surface area (Å²) >= 11 is 0. The average molecular weight is 235 g/mol. The lowest BCUT2D eigenvalue weighted by Gasteiger charge is -2.18. The molecule has 1 saturated carbocycles. The van der Waals surface area contributed by atoms with Gasteiger partial charge in [-0.05, 0) is 18.8 Å². The lowest BCUT2D eigenvalue weighted by Crippen LogP contribution is -2.17. The van der Waals surface area contributed by atoms with Crippen molar-refractivity contribution in [2.45, 2.75) is 39.0 Å². The molecule has 94 valence electrons. The zero-order valence-corrected chi connectivity index (χ0v) is 11.1. The third-order valence-corrected chi connectivity index (χ3v) is 2.79. The van der Waals surface area contributed by atoms with Crippen LogP contribution in [0.1, 0.15) is 39.4 Å². The van der Waals surface area contributed by atoms with Crippen LogP contribution in [-0.4, -0.2) is 23.6 Å². The minimum atomic E-state index is -0.0649. The van der Waals surface area contributed by atoms with Crippen LogP contribution in [0, 0.1) is 5.92 Å². The Kier molecular flexibility index (Phi) is 3.22. The third kappa shape index (κ3) is 3.32. The van der Waals surface area contributed by atoms with Crippen LogP contribution in [0.3, 0.4) is 0 Å². The molecule has 0 bridgehead atoms. The van der Waals surface area contributed by atoms with Gasteiger partial charge in [0.15, 0.2) is 0 Å². The van der Waals surface area contributed by atoms with Gasteiger partial charge in [-0.1, -0.05) is 20.8 Å². The van der Waals surface area contributed by atoms with Crippen LogP contribution >= 0.6 is 0 Å². The van der Waals surface area contributed by atoms with Gasteiger partial charge in [-0.25, -0.2) is 4.98 Å². The molecule has 0 atom stereocenters. The Morgan fingerprint density at radius 1 is 1.35 bits per heavy atom. The molecule has 1 fully saturated rings. The number of aromatic nitrogens is 2. The molecular weight excluding hydrogens is 214 g/mol. The second-order valence-electron chi connectivity index (χ2n) is 5.67. The molecule has 1 N–H and O–H groups in total. The zero-order valence-electron chi connectivity index (χ0n) is 11.1. The number of hydrogen-bond acceptors (Lipinski definition) is 4. The summed E-state index contributed by atoms with van der Waals surface area (Å²) in [5.41, 5.74) is -0.0649. The fourth-order valence-corrected chi connectivity index (χ4v) is 1.45. The van der Waals surface area contributed by atoms with Gasteiger partial charge in [0.25, 0.3) is 0 Å². The van der Waals surface area contributed by atoms with Gasteiger partial charge in [0.2, 0.25) is 5.88 Å². The van der Waals surface area contributed by atoms with Crippen LogP contribution in [0.2, 0.25) is 0 Å². The van der Waals surface area contributed by atoms with E-state index in [2.05, 4.69) is 36.1 Å². The molecule has 0 saturated heterocycles. The standard InChI is InChI=1S/C13H21N3O/c1-13(2,3)12-15-10(14-4)7-11(16-12)17-8-9-5-6-9/h7,9H,5-6,8H2,1-4H3,(H,14,15,16). The van der Waals surface area contributed by atoms with Crippen molar-refractivity contribution in [2.24, 2.45) is 5.92 Å². The summed E-state index contributed by atoms with van der Waals surface area (Å²) < 4.78 is 5.72. The van der Waals surface area contributed by atoms with E-state index in [1.54, 1.807) is 0 Å². The molecule has 1 aromatic rings. The summed E-state index contributed by atoms with van der Waals surface area (Å²) in [6, 6.07) is 1.86.